The zero-order valence-corrected chi connectivity index (χ0v) is 14.3. The molecule has 2 aromatic carbocycles. The van der Waals surface area contributed by atoms with Crippen LogP contribution in [-0.2, 0) is 0 Å². The van der Waals surface area contributed by atoms with Crippen molar-refractivity contribution in [1.82, 2.24) is 0 Å². The van der Waals surface area contributed by atoms with Crippen molar-refractivity contribution in [3.8, 4) is 0 Å². The zero-order valence-electron chi connectivity index (χ0n) is 14.3. The molecule has 0 aromatic heterocycles. The van der Waals surface area contributed by atoms with E-state index in [4.69, 9.17) is 0 Å². The van der Waals surface area contributed by atoms with Gasteiger partial charge in [0.05, 0.1) is 0 Å². The topological polar surface area (TPSA) is 3.24 Å². The van der Waals surface area contributed by atoms with Crippen LogP contribution in [0.2, 0.25) is 0 Å². The van der Waals surface area contributed by atoms with Gasteiger partial charge in [-0.1, -0.05) is 66.3 Å². The van der Waals surface area contributed by atoms with E-state index in [-0.39, 0.29) is 0 Å². The Morgan fingerprint density at radius 1 is 0.833 bits per heavy atom. The molecular weight excluding hydrogens is 290 g/mol. The maximum atomic E-state index is 2.31. The van der Waals surface area contributed by atoms with Crippen LogP contribution in [0, 0.1) is 0 Å². The molecular formula is C23H23N. The van der Waals surface area contributed by atoms with E-state index in [1.165, 1.54) is 28.2 Å². The maximum absolute atomic E-state index is 2.31. The Hall–Kier alpha value is -2.80. The normalized spacial score (nSPS) is 14.7. The Kier molecular flexibility index (Phi) is 5.12. The number of hydrogen-bond acceptors (Lipinski definition) is 1. The molecule has 0 spiro atoms. The molecule has 0 heterocycles. The summed E-state index contributed by atoms with van der Waals surface area (Å²) in [6, 6.07) is 21.1. The summed E-state index contributed by atoms with van der Waals surface area (Å²) in [5.41, 5.74) is 6.23. The molecule has 1 nitrogen and oxygen atoms in total. The Morgan fingerprint density at radius 2 is 1.42 bits per heavy atom. The second-order valence-electron chi connectivity index (χ2n) is 5.91. The van der Waals surface area contributed by atoms with Crippen LogP contribution in [0.4, 0.5) is 11.4 Å². The van der Waals surface area contributed by atoms with Gasteiger partial charge in [-0.05, 0) is 56.2 Å². The molecule has 0 radical (unpaired) electrons. The molecule has 2 aromatic rings. The van der Waals surface area contributed by atoms with Gasteiger partial charge in [-0.15, -0.1) is 0 Å². The Balaban J connectivity index is 2.03. The molecule has 0 saturated carbocycles. The SMILES string of the molecule is C/C=C/C1=C(C)CC=C(N(c2ccccc2)c2ccccc2)C=C1. The highest BCUT2D eigenvalue weighted by atomic mass is 15.1. The van der Waals surface area contributed by atoms with Gasteiger partial charge < -0.3 is 4.90 Å². The van der Waals surface area contributed by atoms with E-state index in [1.54, 1.807) is 0 Å². The lowest BCUT2D eigenvalue weighted by molar-refractivity contribution is 1.14. The van der Waals surface area contributed by atoms with Crippen molar-refractivity contribution in [1.29, 1.82) is 0 Å². The van der Waals surface area contributed by atoms with Crippen molar-refractivity contribution in [2.75, 3.05) is 4.90 Å². The molecule has 3 rings (SSSR count). The third kappa shape index (κ3) is 3.57. The van der Waals surface area contributed by atoms with Gasteiger partial charge in [-0.2, -0.15) is 0 Å². The smallest absolute Gasteiger partial charge is 0.0461 e. The van der Waals surface area contributed by atoms with Crippen molar-refractivity contribution in [3.63, 3.8) is 0 Å². The summed E-state index contributed by atoms with van der Waals surface area (Å²) in [4.78, 5) is 2.31. The maximum Gasteiger partial charge on any atom is 0.0461 e. The van der Waals surface area contributed by atoms with Crippen LogP contribution in [0.3, 0.4) is 0 Å². The summed E-state index contributed by atoms with van der Waals surface area (Å²) < 4.78 is 0. The highest BCUT2D eigenvalue weighted by Gasteiger charge is 2.14. The fourth-order valence-corrected chi connectivity index (χ4v) is 2.91. The molecule has 1 aliphatic carbocycles. The first-order valence-electron chi connectivity index (χ1n) is 8.40. The Labute approximate surface area is 144 Å². The third-order valence-corrected chi connectivity index (χ3v) is 4.18. The van der Waals surface area contributed by atoms with Crippen molar-refractivity contribution in [2.45, 2.75) is 20.3 Å². The molecule has 24 heavy (non-hydrogen) atoms. The van der Waals surface area contributed by atoms with Crippen LogP contribution < -0.4 is 4.90 Å². The second-order valence-corrected chi connectivity index (χ2v) is 5.91. The predicted molar refractivity (Wildman–Crippen MR) is 104 cm³/mol. The standard InChI is InChI=1S/C23H23N/c1-3-10-20-16-18-23(17-15-19(20)2)24(21-11-6-4-7-12-21)22-13-8-5-9-14-22/h3-14,16-18H,15H2,1-2H3/b10-3+. The molecule has 0 saturated heterocycles. The van der Waals surface area contributed by atoms with Crippen molar-refractivity contribution in [2.24, 2.45) is 0 Å². The third-order valence-electron chi connectivity index (χ3n) is 4.18. The van der Waals surface area contributed by atoms with E-state index in [0.717, 1.165) is 6.42 Å². The van der Waals surface area contributed by atoms with E-state index in [1.807, 2.05) is 0 Å². The lowest BCUT2D eigenvalue weighted by Gasteiger charge is -2.26. The van der Waals surface area contributed by atoms with E-state index in [0.29, 0.717) is 0 Å². The van der Waals surface area contributed by atoms with Crippen LogP contribution in [0.1, 0.15) is 20.3 Å². The van der Waals surface area contributed by atoms with Gasteiger partial charge in [0, 0.05) is 17.1 Å². The predicted octanol–water partition coefficient (Wildman–Crippen LogP) is 6.56. The van der Waals surface area contributed by atoms with Gasteiger partial charge in [-0.25, -0.2) is 0 Å². The average Bonchev–Trinajstić information content (AvgIpc) is 2.80. The molecule has 0 fully saturated rings. The highest BCUT2D eigenvalue weighted by molar-refractivity contribution is 5.70. The van der Waals surface area contributed by atoms with Gasteiger partial charge in [0.15, 0.2) is 0 Å². The molecule has 0 unspecified atom stereocenters. The molecule has 1 aliphatic rings. The molecule has 120 valence electrons. The molecule has 0 N–H and O–H groups in total. The van der Waals surface area contributed by atoms with Crippen LogP contribution in [0.25, 0.3) is 0 Å². The Bertz CT molecular complexity index is 753. The monoisotopic (exact) mass is 313 g/mol. The summed E-state index contributed by atoms with van der Waals surface area (Å²) >= 11 is 0. The van der Waals surface area contributed by atoms with E-state index in [2.05, 4.69) is 110 Å². The second kappa shape index (κ2) is 7.65. The van der Waals surface area contributed by atoms with Crippen LogP contribution >= 0.6 is 0 Å². The molecule has 0 atom stereocenters. The minimum atomic E-state index is 0.957. The summed E-state index contributed by atoms with van der Waals surface area (Å²) in [6.07, 6.45) is 12.0. The summed E-state index contributed by atoms with van der Waals surface area (Å²) in [5, 5.41) is 0. The van der Waals surface area contributed by atoms with Gasteiger partial charge >= 0.3 is 0 Å². The fraction of sp³-hybridized carbons (Fsp3) is 0.130. The molecule has 0 bridgehead atoms. The van der Waals surface area contributed by atoms with Crippen LogP contribution in [0.15, 0.2) is 108 Å². The zero-order chi connectivity index (χ0) is 16.8. The van der Waals surface area contributed by atoms with Gasteiger partial charge in [0.25, 0.3) is 0 Å². The van der Waals surface area contributed by atoms with E-state index >= 15 is 0 Å². The van der Waals surface area contributed by atoms with Crippen molar-refractivity contribution < 1.29 is 0 Å². The first kappa shape index (κ1) is 16.1. The van der Waals surface area contributed by atoms with E-state index < -0.39 is 0 Å². The first-order chi connectivity index (χ1) is 11.8. The number of benzene rings is 2. The summed E-state index contributed by atoms with van der Waals surface area (Å²) in [6.45, 7) is 4.27. The number of nitrogens with zero attached hydrogens (tertiary/aromatic N) is 1. The largest absolute Gasteiger partial charge is 0.311 e. The van der Waals surface area contributed by atoms with Gasteiger partial charge in [0.1, 0.15) is 0 Å². The van der Waals surface area contributed by atoms with Crippen LogP contribution in [-0.4, -0.2) is 0 Å². The average molecular weight is 313 g/mol. The first-order valence-corrected chi connectivity index (χ1v) is 8.40. The quantitative estimate of drug-likeness (QED) is 0.617. The van der Waals surface area contributed by atoms with Gasteiger partial charge in [0.2, 0.25) is 0 Å². The number of rotatable bonds is 4. The minimum absolute atomic E-state index is 0.957. The number of allylic oxidation sites excluding steroid dienone is 7. The van der Waals surface area contributed by atoms with Crippen molar-refractivity contribution in [3.05, 3.63) is 108 Å². The van der Waals surface area contributed by atoms with Crippen LogP contribution in [0.5, 0.6) is 0 Å². The molecule has 1 heteroatoms. The van der Waals surface area contributed by atoms with Gasteiger partial charge in [-0.3, -0.25) is 0 Å². The molecule has 0 amide bonds. The summed E-state index contributed by atoms with van der Waals surface area (Å²) in [7, 11) is 0. The fourth-order valence-electron chi connectivity index (χ4n) is 2.91. The molecule has 0 aliphatic heterocycles. The lowest BCUT2D eigenvalue weighted by atomic mass is 10.1. The van der Waals surface area contributed by atoms with E-state index in [9.17, 15) is 0 Å². The number of para-hydroxylation sites is 2. The number of hydrogen-bond donors (Lipinski definition) is 0. The summed E-state index contributed by atoms with van der Waals surface area (Å²) in [5.74, 6) is 0. The Morgan fingerprint density at radius 3 is 1.96 bits per heavy atom. The number of anilines is 2. The lowest BCUT2D eigenvalue weighted by Crippen LogP contribution is -2.14. The minimum Gasteiger partial charge on any atom is -0.311 e. The van der Waals surface area contributed by atoms with Crippen molar-refractivity contribution >= 4 is 11.4 Å². The highest BCUT2D eigenvalue weighted by Crippen LogP contribution is 2.32.